The van der Waals surface area contributed by atoms with Gasteiger partial charge in [0, 0.05) is 0 Å². The van der Waals surface area contributed by atoms with E-state index in [1.165, 1.54) is 5.56 Å². The van der Waals surface area contributed by atoms with Crippen molar-refractivity contribution in [1.29, 1.82) is 0 Å². The summed E-state index contributed by atoms with van der Waals surface area (Å²) in [6, 6.07) is 7.77. The Morgan fingerprint density at radius 3 is 2.63 bits per heavy atom. The summed E-state index contributed by atoms with van der Waals surface area (Å²) in [6.07, 6.45) is 3.80. The van der Waals surface area contributed by atoms with E-state index in [0.717, 1.165) is 37.0 Å². The van der Waals surface area contributed by atoms with Crippen LogP contribution in [0.5, 0.6) is 0 Å². The number of aliphatic carboxylic acids is 1. The van der Waals surface area contributed by atoms with Gasteiger partial charge in [0.15, 0.2) is 0 Å². The molecular weight excluding hydrogens is 242 g/mol. The molecule has 0 spiro atoms. The van der Waals surface area contributed by atoms with Crippen LogP contribution in [0, 0.1) is 0 Å². The average molecular weight is 261 g/mol. The smallest absolute Gasteiger partial charge is 0.310 e. The summed E-state index contributed by atoms with van der Waals surface area (Å²) < 4.78 is 0. The largest absolute Gasteiger partial charge is 0.481 e. The van der Waals surface area contributed by atoms with Crippen LogP contribution in [0.2, 0.25) is 0 Å². The van der Waals surface area contributed by atoms with Crippen LogP contribution in [0.1, 0.15) is 55.6 Å². The van der Waals surface area contributed by atoms with Gasteiger partial charge in [-0.1, -0.05) is 29.4 Å². The highest BCUT2D eigenvalue weighted by molar-refractivity contribution is 5.85. The zero-order valence-electron chi connectivity index (χ0n) is 11.0. The van der Waals surface area contributed by atoms with Crippen molar-refractivity contribution in [3.05, 3.63) is 35.4 Å². The molecule has 0 bridgehead atoms. The summed E-state index contributed by atoms with van der Waals surface area (Å²) in [5.41, 5.74) is 2.88. The number of hydrogen-bond donors (Lipinski definition) is 2. The molecule has 0 saturated heterocycles. The lowest BCUT2D eigenvalue weighted by Crippen LogP contribution is -2.14. The molecule has 1 aliphatic carbocycles. The van der Waals surface area contributed by atoms with Crippen LogP contribution in [-0.2, 0) is 4.79 Å². The molecule has 0 heterocycles. The van der Waals surface area contributed by atoms with E-state index in [1.807, 2.05) is 24.3 Å². The fraction of sp³-hybridized carbons (Fsp3) is 0.467. The molecule has 102 valence electrons. The van der Waals surface area contributed by atoms with Gasteiger partial charge < -0.3 is 10.3 Å². The number of oxime groups is 1. The van der Waals surface area contributed by atoms with Crippen molar-refractivity contribution in [1.82, 2.24) is 0 Å². The highest BCUT2D eigenvalue weighted by Crippen LogP contribution is 2.32. The summed E-state index contributed by atoms with van der Waals surface area (Å²) >= 11 is 0. The number of carbonyl (C=O) groups is 1. The van der Waals surface area contributed by atoms with E-state index in [1.54, 1.807) is 6.92 Å². The Morgan fingerprint density at radius 2 is 2.05 bits per heavy atom. The van der Waals surface area contributed by atoms with Gasteiger partial charge in [-0.3, -0.25) is 4.79 Å². The van der Waals surface area contributed by atoms with E-state index in [0.29, 0.717) is 5.92 Å². The third-order valence-electron chi connectivity index (χ3n) is 3.92. The first kappa shape index (κ1) is 13.6. The Hall–Kier alpha value is -1.84. The summed E-state index contributed by atoms with van der Waals surface area (Å²) in [4.78, 5) is 10.9. The molecule has 0 radical (unpaired) electrons. The third kappa shape index (κ3) is 3.13. The van der Waals surface area contributed by atoms with Crippen LogP contribution in [0.4, 0.5) is 0 Å². The van der Waals surface area contributed by atoms with Crippen molar-refractivity contribution >= 4 is 11.7 Å². The highest BCUT2D eigenvalue weighted by Gasteiger charge is 2.21. The molecule has 1 aliphatic rings. The lowest BCUT2D eigenvalue weighted by Gasteiger charge is -2.23. The standard InChI is InChI=1S/C15H19NO3/c1-10(15(17)18)11-5-7-12(8-6-11)13-3-2-4-14(9-13)16-19/h5-8,10,13,19H,2-4,9H2,1H3,(H,17,18)/b16-14+/t10-,13-/m0/s1. The number of hydrogen-bond acceptors (Lipinski definition) is 3. The van der Waals surface area contributed by atoms with Crippen molar-refractivity contribution in [2.45, 2.75) is 44.4 Å². The van der Waals surface area contributed by atoms with E-state index in [-0.39, 0.29) is 0 Å². The Labute approximate surface area is 112 Å². The summed E-state index contributed by atoms with van der Waals surface area (Å²) in [5, 5.41) is 21.2. The number of nitrogens with zero attached hydrogens (tertiary/aromatic N) is 1. The molecule has 1 aromatic rings. The van der Waals surface area contributed by atoms with Gasteiger partial charge in [-0.05, 0) is 49.7 Å². The predicted molar refractivity (Wildman–Crippen MR) is 72.9 cm³/mol. The Balaban J connectivity index is 2.12. The zero-order valence-corrected chi connectivity index (χ0v) is 11.0. The van der Waals surface area contributed by atoms with Gasteiger partial charge in [0.1, 0.15) is 0 Å². The molecule has 19 heavy (non-hydrogen) atoms. The van der Waals surface area contributed by atoms with Gasteiger partial charge in [0.05, 0.1) is 11.6 Å². The Kier molecular flexibility index (Phi) is 4.20. The molecule has 1 fully saturated rings. The maximum Gasteiger partial charge on any atom is 0.310 e. The molecule has 2 N–H and O–H groups in total. The molecule has 2 atom stereocenters. The van der Waals surface area contributed by atoms with Crippen molar-refractivity contribution in [2.24, 2.45) is 5.16 Å². The van der Waals surface area contributed by atoms with Crippen LogP contribution in [-0.4, -0.2) is 22.0 Å². The van der Waals surface area contributed by atoms with Gasteiger partial charge in [0.25, 0.3) is 0 Å². The van der Waals surface area contributed by atoms with Gasteiger partial charge in [-0.15, -0.1) is 0 Å². The van der Waals surface area contributed by atoms with Crippen molar-refractivity contribution in [3.63, 3.8) is 0 Å². The molecule has 4 heteroatoms. The quantitative estimate of drug-likeness (QED) is 0.647. The van der Waals surface area contributed by atoms with E-state index in [2.05, 4.69) is 5.16 Å². The molecule has 0 unspecified atom stereocenters. The molecule has 2 rings (SSSR count). The normalized spacial score (nSPS) is 23.2. The minimum atomic E-state index is -0.805. The van der Waals surface area contributed by atoms with Crippen LogP contribution in [0.3, 0.4) is 0 Å². The molecule has 0 aliphatic heterocycles. The van der Waals surface area contributed by atoms with E-state index >= 15 is 0 Å². The monoisotopic (exact) mass is 261 g/mol. The number of benzene rings is 1. The minimum absolute atomic E-state index is 0.383. The summed E-state index contributed by atoms with van der Waals surface area (Å²) in [7, 11) is 0. The predicted octanol–water partition coefficient (Wildman–Crippen LogP) is 3.36. The van der Waals surface area contributed by atoms with E-state index in [9.17, 15) is 4.79 Å². The fourth-order valence-corrected chi connectivity index (χ4v) is 2.62. The molecular formula is C15H19NO3. The lowest BCUT2D eigenvalue weighted by molar-refractivity contribution is -0.138. The first-order chi connectivity index (χ1) is 9.11. The third-order valence-corrected chi connectivity index (χ3v) is 3.92. The highest BCUT2D eigenvalue weighted by atomic mass is 16.4. The lowest BCUT2D eigenvalue weighted by atomic mass is 9.82. The zero-order chi connectivity index (χ0) is 13.8. The van der Waals surface area contributed by atoms with Crippen molar-refractivity contribution < 1.29 is 15.1 Å². The number of rotatable bonds is 3. The molecule has 1 saturated carbocycles. The topological polar surface area (TPSA) is 69.9 Å². The van der Waals surface area contributed by atoms with Crippen LogP contribution >= 0.6 is 0 Å². The summed E-state index contributed by atoms with van der Waals surface area (Å²) in [5.74, 6) is -0.899. The second-order valence-electron chi connectivity index (χ2n) is 5.19. The van der Waals surface area contributed by atoms with Crippen LogP contribution < -0.4 is 0 Å². The van der Waals surface area contributed by atoms with Gasteiger partial charge in [0.2, 0.25) is 0 Å². The van der Waals surface area contributed by atoms with E-state index < -0.39 is 11.9 Å². The first-order valence-corrected chi connectivity index (χ1v) is 6.64. The maximum absolute atomic E-state index is 10.9. The molecule has 0 aromatic heterocycles. The summed E-state index contributed by atoms with van der Waals surface area (Å²) in [6.45, 7) is 1.69. The SMILES string of the molecule is C[C@H](C(=O)O)c1ccc([C@H]2CCC/C(=N\O)C2)cc1. The van der Waals surface area contributed by atoms with E-state index in [4.69, 9.17) is 10.3 Å². The molecule has 0 amide bonds. The van der Waals surface area contributed by atoms with Gasteiger partial charge in [-0.25, -0.2) is 0 Å². The second kappa shape index (κ2) is 5.87. The van der Waals surface area contributed by atoms with Crippen molar-refractivity contribution in [2.75, 3.05) is 0 Å². The number of carboxylic acid groups (broad SMARTS) is 1. The Morgan fingerprint density at radius 1 is 1.37 bits per heavy atom. The molecule has 4 nitrogen and oxygen atoms in total. The van der Waals surface area contributed by atoms with Crippen molar-refractivity contribution in [3.8, 4) is 0 Å². The fourth-order valence-electron chi connectivity index (χ4n) is 2.62. The maximum atomic E-state index is 10.9. The second-order valence-corrected chi connectivity index (χ2v) is 5.19. The number of carboxylic acids is 1. The van der Waals surface area contributed by atoms with Crippen LogP contribution in [0.25, 0.3) is 0 Å². The molecule has 1 aromatic carbocycles. The average Bonchev–Trinajstić information content (AvgIpc) is 2.46. The minimum Gasteiger partial charge on any atom is -0.481 e. The van der Waals surface area contributed by atoms with Crippen LogP contribution in [0.15, 0.2) is 29.4 Å². The Bertz CT molecular complexity index is 479. The first-order valence-electron chi connectivity index (χ1n) is 6.64. The van der Waals surface area contributed by atoms with Gasteiger partial charge in [-0.2, -0.15) is 0 Å². The van der Waals surface area contributed by atoms with Gasteiger partial charge >= 0.3 is 5.97 Å².